The van der Waals surface area contributed by atoms with Gasteiger partial charge >= 0.3 is 0 Å². The molecule has 5 nitrogen and oxygen atoms in total. The number of carbonyl (C=O) groups excluding carboxylic acids is 1. The summed E-state index contributed by atoms with van der Waals surface area (Å²) in [5.41, 5.74) is 1.45. The Balaban J connectivity index is 1.99. The summed E-state index contributed by atoms with van der Waals surface area (Å²) in [6.45, 7) is 2.76. The lowest BCUT2D eigenvalue weighted by molar-refractivity contribution is -0.111. The Morgan fingerprint density at radius 2 is 1.92 bits per heavy atom. The molecule has 0 fully saturated rings. The quantitative estimate of drug-likeness (QED) is 0.428. The molecule has 0 spiro atoms. The number of unbranched alkanes of at least 4 members (excludes halogenated alkanes) is 1. The minimum atomic E-state index is -0.257. The standard InChI is InChI=1S/C20H23NO4/c1-3-4-13-25-18-11-5-15(14-19(18)24-2)6-12-20(23)21-16-7-9-17(22)10-8-16/h5-12,14,22H,3-4,13H2,1-2H3,(H,21,23). The number of aromatic hydroxyl groups is 1. The summed E-state index contributed by atoms with van der Waals surface area (Å²) >= 11 is 0. The van der Waals surface area contributed by atoms with E-state index in [1.54, 1.807) is 25.3 Å². The molecular formula is C20H23NO4. The second kappa shape index (κ2) is 9.37. The minimum Gasteiger partial charge on any atom is -0.508 e. The molecule has 5 heteroatoms. The maximum atomic E-state index is 12.0. The molecule has 0 aliphatic heterocycles. The minimum absolute atomic E-state index is 0.155. The van der Waals surface area contributed by atoms with Crippen LogP contribution in [0.4, 0.5) is 5.69 Å². The monoisotopic (exact) mass is 341 g/mol. The molecule has 0 heterocycles. The molecule has 1 amide bonds. The Morgan fingerprint density at radius 1 is 1.16 bits per heavy atom. The third kappa shape index (κ3) is 5.88. The number of phenols is 1. The van der Waals surface area contributed by atoms with Crippen LogP contribution in [0.25, 0.3) is 6.08 Å². The molecule has 25 heavy (non-hydrogen) atoms. The van der Waals surface area contributed by atoms with Crippen LogP contribution in [0.3, 0.4) is 0 Å². The van der Waals surface area contributed by atoms with E-state index in [1.165, 1.54) is 18.2 Å². The zero-order chi connectivity index (χ0) is 18.1. The number of methoxy groups -OCH3 is 1. The van der Waals surface area contributed by atoms with Crippen molar-refractivity contribution < 1.29 is 19.4 Å². The highest BCUT2D eigenvalue weighted by Crippen LogP contribution is 2.28. The van der Waals surface area contributed by atoms with Crippen molar-refractivity contribution in [2.75, 3.05) is 19.0 Å². The molecule has 0 aliphatic carbocycles. The van der Waals surface area contributed by atoms with E-state index in [4.69, 9.17) is 9.47 Å². The number of hydrogen-bond donors (Lipinski definition) is 2. The third-order valence-corrected chi connectivity index (χ3v) is 3.51. The highest BCUT2D eigenvalue weighted by molar-refractivity contribution is 6.01. The predicted molar refractivity (Wildman–Crippen MR) is 99.2 cm³/mol. The number of carbonyl (C=O) groups is 1. The summed E-state index contributed by atoms with van der Waals surface area (Å²) in [7, 11) is 1.59. The lowest BCUT2D eigenvalue weighted by Crippen LogP contribution is -2.07. The van der Waals surface area contributed by atoms with Crippen LogP contribution < -0.4 is 14.8 Å². The summed E-state index contributed by atoms with van der Waals surface area (Å²) in [6.07, 6.45) is 5.20. The first kappa shape index (κ1) is 18.4. The highest BCUT2D eigenvalue weighted by Gasteiger charge is 2.05. The molecule has 0 atom stereocenters. The number of benzene rings is 2. The summed E-state index contributed by atoms with van der Waals surface area (Å²) in [5, 5.41) is 12.0. The summed E-state index contributed by atoms with van der Waals surface area (Å²) in [6, 6.07) is 11.8. The Kier molecular flexibility index (Phi) is 6.89. The van der Waals surface area contributed by atoms with Crippen LogP contribution in [0.1, 0.15) is 25.3 Å². The number of anilines is 1. The largest absolute Gasteiger partial charge is 0.508 e. The van der Waals surface area contributed by atoms with E-state index >= 15 is 0 Å². The molecule has 2 rings (SSSR count). The second-order valence-corrected chi connectivity index (χ2v) is 5.48. The molecule has 0 aliphatic rings. The Bertz CT molecular complexity index is 723. The SMILES string of the molecule is CCCCOc1ccc(C=CC(=O)Nc2ccc(O)cc2)cc1OC. The van der Waals surface area contributed by atoms with Gasteiger partial charge in [-0.2, -0.15) is 0 Å². The lowest BCUT2D eigenvalue weighted by atomic mass is 10.2. The molecule has 2 aromatic rings. The fraction of sp³-hybridized carbons (Fsp3) is 0.250. The van der Waals surface area contributed by atoms with Crippen molar-refractivity contribution in [2.24, 2.45) is 0 Å². The molecule has 0 saturated carbocycles. The summed E-state index contributed by atoms with van der Waals surface area (Å²) in [5.74, 6) is 1.23. The zero-order valence-electron chi connectivity index (χ0n) is 14.5. The van der Waals surface area contributed by atoms with Gasteiger partial charge in [0.2, 0.25) is 5.91 Å². The van der Waals surface area contributed by atoms with Gasteiger partial charge in [-0.3, -0.25) is 4.79 Å². The molecule has 0 bridgehead atoms. The summed E-state index contributed by atoms with van der Waals surface area (Å²) < 4.78 is 11.0. The van der Waals surface area contributed by atoms with Gasteiger partial charge in [0.25, 0.3) is 0 Å². The second-order valence-electron chi connectivity index (χ2n) is 5.48. The van der Waals surface area contributed by atoms with E-state index in [0.717, 1.165) is 18.4 Å². The van der Waals surface area contributed by atoms with Gasteiger partial charge in [0.15, 0.2) is 11.5 Å². The van der Waals surface area contributed by atoms with Crippen molar-refractivity contribution in [2.45, 2.75) is 19.8 Å². The van der Waals surface area contributed by atoms with Crippen molar-refractivity contribution in [3.05, 3.63) is 54.1 Å². The van der Waals surface area contributed by atoms with E-state index in [0.29, 0.717) is 23.8 Å². The van der Waals surface area contributed by atoms with Crippen molar-refractivity contribution in [3.63, 3.8) is 0 Å². The van der Waals surface area contributed by atoms with Gasteiger partial charge < -0.3 is 19.9 Å². The maximum absolute atomic E-state index is 12.0. The topological polar surface area (TPSA) is 67.8 Å². The lowest BCUT2D eigenvalue weighted by Gasteiger charge is -2.11. The number of rotatable bonds is 8. The van der Waals surface area contributed by atoms with E-state index in [9.17, 15) is 9.90 Å². The Labute approximate surface area is 147 Å². The Morgan fingerprint density at radius 3 is 2.60 bits per heavy atom. The van der Waals surface area contributed by atoms with E-state index in [1.807, 2.05) is 18.2 Å². The summed E-state index contributed by atoms with van der Waals surface area (Å²) in [4.78, 5) is 12.0. The maximum Gasteiger partial charge on any atom is 0.248 e. The normalized spacial score (nSPS) is 10.6. The first-order valence-electron chi connectivity index (χ1n) is 8.21. The fourth-order valence-electron chi connectivity index (χ4n) is 2.13. The highest BCUT2D eigenvalue weighted by atomic mass is 16.5. The van der Waals surface area contributed by atoms with Crippen molar-refractivity contribution >= 4 is 17.7 Å². The molecule has 0 radical (unpaired) electrons. The number of hydrogen-bond acceptors (Lipinski definition) is 4. The van der Waals surface area contributed by atoms with Crippen LogP contribution in [-0.4, -0.2) is 24.7 Å². The molecule has 2 N–H and O–H groups in total. The number of nitrogens with one attached hydrogen (secondary N) is 1. The van der Waals surface area contributed by atoms with Gasteiger partial charge in [0.1, 0.15) is 5.75 Å². The zero-order valence-corrected chi connectivity index (χ0v) is 14.5. The third-order valence-electron chi connectivity index (χ3n) is 3.51. The molecular weight excluding hydrogens is 318 g/mol. The predicted octanol–water partition coefficient (Wildman–Crippen LogP) is 4.23. The molecule has 0 saturated heterocycles. The number of phenolic OH excluding ortho intramolecular Hbond substituents is 1. The fourth-order valence-corrected chi connectivity index (χ4v) is 2.13. The van der Waals surface area contributed by atoms with Gasteiger partial charge in [0, 0.05) is 11.8 Å². The van der Waals surface area contributed by atoms with Gasteiger partial charge in [-0.05, 0) is 54.5 Å². The van der Waals surface area contributed by atoms with Gasteiger partial charge in [-0.15, -0.1) is 0 Å². The van der Waals surface area contributed by atoms with Gasteiger partial charge in [-0.1, -0.05) is 19.4 Å². The van der Waals surface area contributed by atoms with Crippen molar-refractivity contribution in [1.29, 1.82) is 0 Å². The molecule has 0 unspecified atom stereocenters. The molecule has 2 aromatic carbocycles. The number of amides is 1. The van der Waals surface area contributed by atoms with E-state index in [2.05, 4.69) is 12.2 Å². The Hall–Kier alpha value is -2.95. The van der Waals surface area contributed by atoms with Gasteiger partial charge in [0.05, 0.1) is 13.7 Å². The first-order chi connectivity index (χ1) is 12.1. The average Bonchev–Trinajstić information content (AvgIpc) is 2.62. The van der Waals surface area contributed by atoms with Crippen LogP contribution in [0, 0.1) is 0 Å². The van der Waals surface area contributed by atoms with Crippen LogP contribution in [0.2, 0.25) is 0 Å². The first-order valence-corrected chi connectivity index (χ1v) is 8.21. The van der Waals surface area contributed by atoms with Gasteiger partial charge in [-0.25, -0.2) is 0 Å². The van der Waals surface area contributed by atoms with Crippen molar-refractivity contribution in [1.82, 2.24) is 0 Å². The molecule has 132 valence electrons. The van der Waals surface area contributed by atoms with E-state index in [-0.39, 0.29) is 11.7 Å². The van der Waals surface area contributed by atoms with Crippen LogP contribution in [-0.2, 0) is 4.79 Å². The molecule has 0 aromatic heterocycles. The van der Waals surface area contributed by atoms with Crippen molar-refractivity contribution in [3.8, 4) is 17.2 Å². The van der Waals surface area contributed by atoms with Crippen LogP contribution >= 0.6 is 0 Å². The smallest absolute Gasteiger partial charge is 0.248 e. The van der Waals surface area contributed by atoms with E-state index < -0.39 is 0 Å². The van der Waals surface area contributed by atoms with Crippen LogP contribution in [0.15, 0.2) is 48.5 Å². The average molecular weight is 341 g/mol. The number of ether oxygens (including phenoxy) is 2. The van der Waals surface area contributed by atoms with Crippen LogP contribution in [0.5, 0.6) is 17.2 Å².